The van der Waals surface area contributed by atoms with Gasteiger partial charge in [-0.3, -0.25) is 9.59 Å². The molecule has 5 nitrogen and oxygen atoms in total. The van der Waals surface area contributed by atoms with Gasteiger partial charge in [0.25, 0.3) is 0 Å². The predicted molar refractivity (Wildman–Crippen MR) is 66.5 cm³/mol. The molecule has 0 fully saturated rings. The lowest BCUT2D eigenvalue weighted by Gasteiger charge is -2.09. The first-order valence-corrected chi connectivity index (χ1v) is 6.17. The van der Waals surface area contributed by atoms with Gasteiger partial charge < -0.3 is 16.2 Å². The number of carbonyl (C=O) groups excluding carboxylic acids is 1. The molecule has 0 rings (SSSR count). The molecule has 2 unspecified atom stereocenters. The van der Waals surface area contributed by atoms with Crippen LogP contribution in [-0.4, -0.2) is 30.1 Å². The zero-order valence-corrected chi connectivity index (χ0v) is 10.7. The standard InChI is InChI=1S/C12H24N2O3/c1-9(8-13)5-6-11(15)14-7-3-4-10(2)12(16)17/h9-10H,3-8,13H2,1-2H3,(H,14,15)(H,16,17). The van der Waals surface area contributed by atoms with Crippen molar-refractivity contribution < 1.29 is 14.7 Å². The highest BCUT2D eigenvalue weighted by molar-refractivity contribution is 5.75. The van der Waals surface area contributed by atoms with Gasteiger partial charge in [-0.05, 0) is 31.7 Å². The number of amides is 1. The Morgan fingerprint density at radius 1 is 1.29 bits per heavy atom. The molecule has 0 aliphatic rings. The number of nitrogens with two attached hydrogens (primary N) is 1. The van der Waals surface area contributed by atoms with Crippen LogP contribution in [-0.2, 0) is 9.59 Å². The maximum atomic E-state index is 11.4. The van der Waals surface area contributed by atoms with E-state index >= 15 is 0 Å². The van der Waals surface area contributed by atoms with Gasteiger partial charge in [0.05, 0.1) is 5.92 Å². The van der Waals surface area contributed by atoms with Gasteiger partial charge in [0.15, 0.2) is 0 Å². The van der Waals surface area contributed by atoms with Gasteiger partial charge in [0.1, 0.15) is 0 Å². The molecule has 1 amide bonds. The molecule has 4 N–H and O–H groups in total. The third-order valence-electron chi connectivity index (χ3n) is 2.82. The Morgan fingerprint density at radius 2 is 1.94 bits per heavy atom. The van der Waals surface area contributed by atoms with Crippen molar-refractivity contribution in [3.05, 3.63) is 0 Å². The zero-order valence-electron chi connectivity index (χ0n) is 10.7. The zero-order chi connectivity index (χ0) is 13.3. The number of aliphatic carboxylic acids is 1. The minimum Gasteiger partial charge on any atom is -0.481 e. The first-order chi connectivity index (χ1) is 7.97. The molecular weight excluding hydrogens is 220 g/mol. The van der Waals surface area contributed by atoms with E-state index in [1.807, 2.05) is 6.92 Å². The van der Waals surface area contributed by atoms with Gasteiger partial charge in [-0.1, -0.05) is 13.8 Å². The molecule has 0 radical (unpaired) electrons. The van der Waals surface area contributed by atoms with E-state index in [4.69, 9.17) is 10.8 Å². The molecule has 17 heavy (non-hydrogen) atoms. The fourth-order valence-corrected chi connectivity index (χ4v) is 1.34. The first kappa shape index (κ1) is 15.9. The smallest absolute Gasteiger partial charge is 0.306 e. The maximum Gasteiger partial charge on any atom is 0.306 e. The number of carbonyl (C=O) groups is 2. The molecule has 0 aliphatic carbocycles. The summed E-state index contributed by atoms with van der Waals surface area (Å²) in [5, 5.41) is 11.4. The summed E-state index contributed by atoms with van der Waals surface area (Å²) in [6.07, 6.45) is 2.58. The normalized spacial score (nSPS) is 14.1. The maximum absolute atomic E-state index is 11.4. The molecule has 100 valence electrons. The van der Waals surface area contributed by atoms with E-state index in [-0.39, 0.29) is 11.8 Å². The van der Waals surface area contributed by atoms with E-state index in [1.165, 1.54) is 0 Å². The molecule has 0 heterocycles. The predicted octanol–water partition coefficient (Wildman–Crippen LogP) is 0.979. The van der Waals surface area contributed by atoms with Crippen LogP contribution < -0.4 is 11.1 Å². The SMILES string of the molecule is CC(CN)CCC(=O)NCCCC(C)C(=O)O. The molecule has 0 aromatic rings. The van der Waals surface area contributed by atoms with Crippen molar-refractivity contribution in [2.75, 3.05) is 13.1 Å². The van der Waals surface area contributed by atoms with E-state index in [9.17, 15) is 9.59 Å². The highest BCUT2D eigenvalue weighted by atomic mass is 16.4. The van der Waals surface area contributed by atoms with E-state index in [2.05, 4.69) is 5.32 Å². The average molecular weight is 244 g/mol. The highest BCUT2D eigenvalue weighted by Gasteiger charge is 2.10. The molecular formula is C12H24N2O3. The second-order valence-electron chi connectivity index (χ2n) is 4.61. The lowest BCUT2D eigenvalue weighted by Crippen LogP contribution is -2.26. The number of hydrogen-bond acceptors (Lipinski definition) is 3. The van der Waals surface area contributed by atoms with Crippen molar-refractivity contribution in [3.63, 3.8) is 0 Å². The molecule has 0 saturated carbocycles. The Kier molecular flexibility index (Phi) is 8.40. The van der Waals surface area contributed by atoms with Crippen LogP contribution in [0.25, 0.3) is 0 Å². The van der Waals surface area contributed by atoms with Gasteiger partial charge in [0, 0.05) is 13.0 Å². The van der Waals surface area contributed by atoms with Crippen LogP contribution in [0.3, 0.4) is 0 Å². The van der Waals surface area contributed by atoms with Crippen molar-refractivity contribution in [2.24, 2.45) is 17.6 Å². The second-order valence-corrected chi connectivity index (χ2v) is 4.61. The summed E-state index contributed by atoms with van der Waals surface area (Å²) in [6, 6.07) is 0. The van der Waals surface area contributed by atoms with Crippen LogP contribution in [0.5, 0.6) is 0 Å². The number of nitrogens with one attached hydrogen (secondary N) is 1. The summed E-state index contributed by atoms with van der Waals surface area (Å²) in [4.78, 5) is 21.9. The minimum atomic E-state index is -0.784. The summed E-state index contributed by atoms with van der Waals surface area (Å²) in [6.45, 7) is 4.84. The third kappa shape index (κ3) is 8.68. The highest BCUT2D eigenvalue weighted by Crippen LogP contribution is 2.05. The fraction of sp³-hybridized carbons (Fsp3) is 0.833. The monoisotopic (exact) mass is 244 g/mol. The Bertz CT molecular complexity index is 244. The molecule has 0 aliphatic heterocycles. The Morgan fingerprint density at radius 3 is 2.47 bits per heavy atom. The molecule has 0 aromatic heterocycles. The van der Waals surface area contributed by atoms with Crippen molar-refractivity contribution in [1.29, 1.82) is 0 Å². The summed E-state index contributed by atoms with van der Waals surface area (Å²) in [7, 11) is 0. The van der Waals surface area contributed by atoms with Crippen molar-refractivity contribution >= 4 is 11.9 Å². The van der Waals surface area contributed by atoms with Crippen molar-refractivity contribution in [3.8, 4) is 0 Å². The third-order valence-corrected chi connectivity index (χ3v) is 2.82. The van der Waals surface area contributed by atoms with Gasteiger partial charge in [-0.2, -0.15) is 0 Å². The topological polar surface area (TPSA) is 92.4 Å². The van der Waals surface area contributed by atoms with Crippen LogP contribution in [0.15, 0.2) is 0 Å². The largest absolute Gasteiger partial charge is 0.481 e. The van der Waals surface area contributed by atoms with Crippen molar-refractivity contribution in [1.82, 2.24) is 5.32 Å². The summed E-state index contributed by atoms with van der Waals surface area (Å²) >= 11 is 0. The van der Waals surface area contributed by atoms with Gasteiger partial charge in [0.2, 0.25) is 5.91 Å². The van der Waals surface area contributed by atoms with Crippen LogP contribution >= 0.6 is 0 Å². The van der Waals surface area contributed by atoms with Gasteiger partial charge >= 0.3 is 5.97 Å². The summed E-state index contributed by atoms with van der Waals surface area (Å²) < 4.78 is 0. The van der Waals surface area contributed by atoms with Gasteiger partial charge in [-0.15, -0.1) is 0 Å². The molecule has 0 bridgehead atoms. The lowest BCUT2D eigenvalue weighted by atomic mass is 10.1. The molecule has 0 spiro atoms. The van der Waals surface area contributed by atoms with Crippen LogP contribution in [0.1, 0.15) is 39.5 Å². The van der Waals surface area contributed by atoms with E-state index in [0.717, 1.165) is 6.42 Å². The Hall–Kier alpha value is -1.10. The van der Waals surface area contributed by atoms with Crippen LogP contribution in [0, 0.1) is 11.8 Å². The molecule has 0 saturated heterocycles. The Balaban J connectivity index is 3.48. The number of carboxylic acid groups (broad SMARTS) is 1. The molecule has 5 heteroatoms. The lowest BCUT2D eigenvalue weighted by molar-refractivity contribution is -0.141. The van der Waals surface area contributed by atoms with E-state index in [1.54, 1.807) is 6.92 Å². The number of hydrogen-bond donors (Lipinski definition) is 3. The minimum absolute atomic E-state index is 0.0216. The molecule has 2 atom stereocenters. The first-order valence-electron chi connectivity index (χ1n) is 6.17. The number of rotatable bonds is 9. The molecule has 0 aromatic carbocycles. The van der Waals surface area contributed by atoms with Crippen LogP contribution in [0.4, 0.5) is 0 Å². The van der Waals surface area contributed by atoms with E-state index in [0.29, 0.717) is 38.3 Å². The summed E-state index contributed by atoms with van der Waals surface area (Å²) in [5.41, 5.74) is 5.45. The summed E-state index contributed by atoms with van der Waals surface area (Å²) in [5.74, 6) is -0.738. The van der Waals surface area contributed by atoms with Crippen LogP contribution in [0.2, 0.25) is 0 Å². The fourth-order valence-electron chi connectivity index (χ4n) is 1.34. The quantitative estimate of drug-likeness (QED) is 0.527. The van der Waals surface area contributed by atoms with E-state index < -0.39 is 5.97 Å². The number of carboxylic acids is 1. The van der Waals surface area contributed by atoms with Crippen molar-refractivity contribution in [2.45, 2.75) is 39.5 Å². The second kappa shape index (κ2) is 8.98. The Labute approximate surface area is 103 Å². The van der Waals surface area contributed by atoms with Gasteiger partial charge in [-0.25, -0.2) is 0 Å². The average Bonchev–Trinajstić information content (AvgIpc) is 2.30.